The molecule has 0 aromatic carbocycles. The molecule has 0 saturated heterocycles. The summed E-state index contributed by atoms with van der Waals surface area (Å²) in [5.41, 5.74) is 0. The Hall–Kier alpha value is -3.27. The maximum absolute atomic E-state index is 12.9. The Balaban J connectivity index is 4.21. The zero-order chi connectivity index (χ0) is 52.0. The minimum atomic E-state index is -1.51. The maximum Gasteiger partial charge on any atom is 0.361 e. The average Bonchev–Trinajstić information content (AvgIpc) is 3.34. The summed E-state index contributed by atoms with van der Waals surface area (Å²) in [4.78, 5) is 37.4. The number of carboxylic acids is 1. The largest absolute Gasteiger partial charge is 0.477 e. The molecule has 9 heteroatoms. The summed E-state index contributed by atoms with van der Waals surface area (Å²) in [5, 5.41) is 9.70. The van der Waals surface area contributed by atoms with Crippen molar-refractivity contribution in [1.82, 2.24) is 0 Å². The monoisotopic (exact) mass is 997 g/mol. The van der Waals surface area contributed by atoms with E-state index in [4.69, 9.17) is 18.9 Å². The van der Waals surface area contributed by atoms with Crippen LogP contribution in [-0.2, 0) is 33.3 Å². The Bertz CT molecular complexity index is 1390. The lowest BCUT2D eigenvalue weighted by Gasteiger charge is -2.25. The smallest absolute Gasteiger partial charge is 0.361 e. The van der Waals surface area contributed by atoms with E-state index in [1.165, 1.54) is 135 Å². The minimum absolute atomic E-state index is 0.183. The normalized spacial score (nSPS) is 13.3. The van der Waals surface area contributed by atoms with Crippen molar-refractivity contribution in [2.75, 3.05) is 47.5 Å². The van der Waals surface area contributed by atoms with Gasteiger partial charge in [0.2, 0.25) is 0 Å². The van der Waals surface area contributed by atoms with Gasteiger partial charge in [-0.2, -0.15) is 0 Å². The Morgan fingerprint density at radius 2 is 0.803 bits per heavy atom. The number of ether oxygens (including phenoxy) is 4. The third-order valence-corrected chi connectivity index (χ3v) is 12.4. The van der Waals surface area contributed by atoms with Gasteiger partial charge in [-0.1, -0.05) is 222 Å². The predicted octanol–water partition coefficient (Wildman–Crippen LogP) is 17.0. The topological polar surface area (TPSA) is 108 Å². The lowest BCUT2D eigenvalue weighted by molar-refractivity contribution is -0.870. The van der Waals surface area contributed by atoms with Gasteiger partial charge in [0.15, 0.2) is 6.10 Å². The van der Waals surface area contributed by atoms with Gasteiger partial charge in [0.05, 0.1) is 34.4 Å². The third-order valence-electron chi connectivity index (χ3n) is 12.4. The number of esters is 2. The van der Waals surface area contributed by atoms with E-state index in [1.807, 2.05) is 21.1 Å². The van der Waals surface area contributed by atoms with E-state index in [2.05, 4.69) is 86.8 Å². The van der Waals surface area contributed by atoms with Crippen molar-refractivity contribution in [2.24, 2.45) is 0 Å². The zero-order valence-electron chi connectivity index (χ0n) is 46.6. The Morgan fingerprint density at radius 1 is 0.437 bits per heavy atom. The van der Waals surface area contributed by atoms with E-state index >= 15 is 0 Å². The number of rotatable bonds is 53. The summed E-state index contributed by atoms with van der Waals surface area (Å²) < 4.78 is 22.9. The summed E-state index contributed by atoms with van der Waals surface area (Å²) in [6.07, 6.45) is 65.5. The van der Waals surface area contributed by atoms with Crippen LogP contribution < -0.4 is 0 Å². The molecule has 71 heavy (non-hydrogen) atoms. The van der Waals surface area contributed by atoms with Crippen LogP contribution in [0.25, 0.3) is 0 Å². The third kappa shape index (κ3) is 54.3. The number of aliphatic carboxylic acids is 1. The van der Waals surface area contributed by atoms with E-state index < -0.39 is 24.3 Å². The van der Waals surface area contributed by atoms with Crippen molar-refractivity contribution in [1.29, 1.82) is 0 Å². The first-order valence-corrected chi connectivity index (χ1v) is 29.1. The van der Waals surface area contributed by atoms with Crippen molar-refractivity contribution >= 4 is 17.9 Å². The van der Waals surface area contributed by atoms with E-state index in [0.29, 0.717) is 11.0 Å². The van der Waals surface area contributed by atoms with Gasteiger partial charge < -0.3 is 28.5 Å². The number of carboxylic acid groups (broad SMARTS) is 1. The molecule has 0 amide bonds. The molecule has 0 radical (unpaired) electrons. The van der Waals surface area contributed by atoms with Crippen LogP contribution in [0.5, 0.6) is 0 Å². The lowest BCUT2D eigenvalue weighted by atomic mass is 10.0. The lowest BCUT2D eigenvalue weighted by Crippen LogP contribution is -2.40. The summed E-state index contributed by atoms with van der Waals surface area (Å²) in [7, 11) is 5.96. The number of quaternary nitrogens is 1. The number of nitrogens with zero attached hydrogens (tertiary/aromatic N) is 1. The van der Waals surface area contributed by atoms with Crippen molar-refractivity contribution < 1.29 is 42.9 Å². The van der Waals surface area contributed by atoms with Gasteiger partial charge in [-0.25, -0.2) is 4.79 Å². The van der Waals surface area contributed by atoms with Crippen LogP contribution in [0.15, 0.2) is 72.9 Å². The van der Waals surface area contributed by atoms with Crippen molar-refractivity contribution in [2.45, 2.75) is 257 Å². The Morgan fingerprint density at radius 3 is 1.20 bits per heavy atom. The van der Waals surface area contributed by atoms with Gasteiger partial charge in [0, 0.05) is 12.8 Å². The molecule has 9 nitrogen and oxygen atoms in total. The number of unbranched alkanes of at least 4 members (excludes halogenated alkanes) is 26. The van der Waals surface area contributed by atoms with Crippen LogP contribution in [0.2, 0.25) is 0 Å². The fourth-order valence-electron chi connectivity index (χ4n) is 7.98. The molecule has 0 aliphatic carbocycles. The number of hydrogen-bond acceptors (Lipinski definition) is 7. The Labute approximate surface area is 437 Å². The van der Waals surface area contributed by atoms with Crippen molar-refractivity contribution in [3.63, 3.8) is 0 Å². The van der Waals surface area contributed by atoms with Gasteiger partial charge in [-0.3, -0.25) is 9.59 Å². The zero-order valence-corrected chi connectivity index (χ0v) is 46.6. The molecule has 2 atom stereocenters. The van der Waals surface area contributed by atoms with Gasteiger partial charge in [0.25, 0.3) is 6.29 Å². The standard InChI is InChI=1S/C62H109NO8/c1-6-8-10-12-14-16-18-20-22-24-25-26-27-28-29-30-31-32-33-34-35-37-39-41-43-45-47-49-51-53-60(65)71-58(57-70-62(61(66)67)68-55-54-63(3,4)5)56-69-59(64)52-50-48-46-44-42-40-38-36-23-21-19-17-15-13-11-9-7-2/h9,11,15,17-18,20-21,23-25,27-28,58,62H,6-8,10,12-14,16,19,22,26,29-57H2,1-5H3/p+1/b11-9-,17-15-,20-18-,23-21-,25-24-,28-27-. The second kappa shape index (κ2) is 53.0. The summed E-state index contributed by atoms with van der Waals surface area (Å²) in [5.74, 6) is -2.02. The average molecular weight is 998 g/mol. The maximum atomic E-state index is 12.9. The van der Waals surface area contributed by atoms with Crippen molar-refractivity contribution in [3.8, 4) is 0 Å². The molecule has 0 bridgehead atoms. The first-order valence-electron chi connectivity index (χ1n) is 29.1. The van der Waals surface area contributed by atoms with Crippen LogP contribution in [0.1, 0.15) is 245 Å². The van der Waals surface area contributed by atoms with E-state index in [1.54, 1.807) is 0 Å². The summed E-state index contributed by atoms with van der Waals surface area (Å²) in [6.45, 7) is 4.75. The fraction of sp³-hybridized carbons (Fsp3) is 0.758. The SMILES string of the molecule is CC/C=C\C/C=C\C/C=C\CCCCCCCCCC(=O)OCC(COC(OCC[N+](C)(C)C)C(=O)O)OC(=O)CCCCCCCCCCCCCCCC/C=C\C/C=C\C/C=C\CCCCCCC. The van der Waals surface area contributed by atoms with E-state index in [-0.39, 0.29) is 38.6 Å². The van der Waals surface area contributed by atoms with Crippen molar-refractivity contribution in [3.05, 3.63) is 72.9 Å². The highest BCUT2D eigenvalue weighted by Gasteiger charge is 2.25. The summed E-state index contributed by atoms with van der Waals surface area (Å²) in [6, 6.07) is 0. The predicted molar refractivity (Wildman–Crippen MR) is 299 cm³/mol. The molecule has 410 valence electrons. The molecule has 0 fully saturated rings. The Kier molecular flexibility index (Phi) is 50.6. The second-order valence-corrected chi connectivity index (χ2v) is 20.6. The fourth-order valence-corrected chi connectivity index (χ4v) is 7.98. The van der Waals surface area contributed by atoms with Gasteiger partial charge in [-0.05, 0) is 83.5 Å². The molecule has 0 saturated carbocycles. The first-order chi connectivity index (χ1) is 34.6. The van der Waals surface area contributed by atoms with Gasteiger partial charge in [-0.15, -0.1) is 0 Å². The van der Waals surface area contributed by atoms with Crippen LogP contribution in [0.3, 0.4) is 0 Å². The number of carbonyl (C=O) groups excluding carboxylic acids is 2. The molecule has 0 aliphatic heterocycles. The molecule has 0 spiro atoms. The highest BCUT2D eigenvalue weighted by Crippen LogP contribution is 2.16. The molecule has 0 aliphatic rings. The molecule has 0 aromatic heterocycles. The molecular formula is C62H110NO8+. The number of carbonyl (C=O) groups is 3. The minimum Gasteiger partial charge on any atom is -0.477 e. The van der Waals surface area contributed by atoms with Crippen LogP contribution in [0, 0.1) is 0 Å². The van der Waals surface area contributed by atoms with E-state index in [9.17, 15) is 19.5 Å². The van der Waals surface area contributed by atoms with Crippen LogP contribution in [0.4, 0.5) is 0 Å². The van der Waals surface area contributed by atoms with E-state index in [0.717, 1.165) is 83.5 Å². The number of likely N-dealkylation sites (N-methyl/N-ethyl adjacent to an activating group) is 1. The second-order valence-electron chi connectivity index (χ2n) is 20.6. The number of allylic oxidation sites excluding steroid dienone is 12. The molecule has 0 rings (SSSR count). The van der Waals surface area contributed by atoms with Gasteiger partial charge in [0.1, 0.15) is 13.2 Å². The molecule has 0 aromatic rings. The highest BCUT2D eigenvalue weighted by atomic mass is 16.7. The molecule has 0 heterocycles. The highest BCUT2D eigenvalue weighted by molar-refractivity contribution is 5.71. The quantitative estimate of drug-likeness (QED) is 0.0211. The van der Waals surface area contributed by atoms with Crippen LogP contribution in [-0.4, -0.2) is 87.4 Å². The van der Waals surface area contributed by atoms with Gasteiger partial charge >= 0.3 is 17.9 Å². The molecule has 1 N–H and O–H groups in total. The molecular weight excluding hydrogens is 887 g/mol. The first kappa shape index (κ1) is 67.7. The van der Waals surface area contributed by atoms with Crippen LogP contribution >= 0.6 is 0 Å². The summed E-state index contributed by atoms with van der Waals surface area (Å²) >= 11 is 0. The molecule has 2 unspecified atom stereocenters. The number of hydrogen-bond donors (Lipinski definition) is 1.